The number of anilines is 1. The molecule has 2 aromatic rings. The average molecular weight is 263 g/mol. The Balaban J connectivity index is 2.32. The first kappa shape index (κ1) is 12.6. The topological polar surface area (TPSA) is 123 Å². The van der Waals surface area contributed by atoms with Crippen LogP contribution in [0.4, 0.5) is 5.82 Å². The summed E-state index contributed by atoms with van der Waals surface area (Å²) in [5.41, 5.74) is 6.23. The Morgan fingerprint density at radius 1 is 1.47 bits per heavy atom. The number of nitrogens with zero attached hydrogens (tertiary/aromatic N) is 5. The summed E-state index contributed by atoms with van der Waals surface area (Å²) in [7, 11) is 3.34. The molecule has 4 N–H and O–H groups in total. The van der Waals surface area contributed by atoms with Crippen molar-refractivity contribution >= 4 is 17.6 Å². The maximum absolute atomic E-state index is 12.1. The lowest BCUT2D eigenvalue weighted by Gasteiger charge is -2.07. The third-order valence-corrected chi connectivity index (χ3v) is 2.60. The summed E-state index contributed by atoms with van der Waals surface area (Å²) >= 11 is 0. The zero-order valence-electron chi connectivity index (χ0n) is 10.4. The summed E-state index contributed by atoms with van der Waals surface area (Å²) in [5.74, 6) is -0.162. The summed E-state index contributed by atoms with van der Waals surface area (Å²) < 4.78 is 3.00. The number of amidine groups is 1. The summed E-state index contributed by atoms with van der Waals surface area (Å²) in [6.07, 6.45) is 4.35. The Morgan fingerprint density at radius 3 is 2.79 bits per heavy atom. The molecule has 0 aromatic carbocycles. The van der Waals surface area contributed by atoms with E-state index in [1.165, 1.54) is 23.4 Å². The fraction of sp³-hybridized carbons (Fsp3) is 0.200. The highest BCUT2D eigenvalue weighted by atomic mass is 16.4. The van der Waals surface area contributed by atoms with E-state index in [1.54, 1.807) is 18.7 Å². The first-order valence-corrected chi connectivity index (χ1v) is 5.32. The number of nitrogens with two attached hydrogens (primary N) is 1. The van der Waals surface area contributed by atoms with E-state index in [0.29, 0.717) is 17.1 Å². The van der Waals surface area contributed by atoms with Gasteiger partial charge in [0.2, 0.25) is 0 Å². The zero-order valence-corrected chi connectivity index (χ0v) is 10.4. The van der Waals surface area contributed by atoms with Crippen molar-refractivity contribution in [2.45, 2.75) is 0 Å². The van der Waals surface area contributed by atoms with Crippen molar-refractivity contribution in [3.8, 4) is 0 Å². The molecule has 0 bridgehead atoms. The van der Waals surface area contributed by atoms with E-state index in [-0.39, 0.29) is 11.7 Å². The van der Waals surface area contributed by atoms with Gasteiger partial charge in [-0.1, -0.05) is 5.16 Å². The van der Waals surface area contributed by atoms with Crippen molar-refractivity contribution in [1.29, 1.82) is 0 Å². The van der Waals surface area contributed by atoms with Crippen LogP contribution in [0.2, 0.25) is 0 Å². The Bertz CT molecular complexity index is 640. The number of nitrogens with one attached hydrogen (secondary N) is 1. The van der Waals surface area contributed by atoms with Gasteiger partial charge in [0, 0.05) is 14.1 Å². The Labute approximate surface area is 108 Å². The van der Waals surface area contributed by atoms with Gasteiger partial charge in [0.15, 0.2) is 5.84 Å². The second-order valence-electron chi connectivity index (χ2n) is 3.86. The number of carbonyl (C=O) groups is 1. The molecule has 2 heterocycles. The van der Waals surface area contributed by atoms with E-state index in [0.717, 1.165) is 0 Å². The van der Waals surface area contributed by atoms with Gasteiger partial charge >= 0.3 is 0 Å². The van der Waals surface area contributed by atoms with Crippen LogP contribution in [0.15, 0.2) is 23.9 Å². The highest BCUT2D eigenvalue weighted by Gasteiger charge is 2.17. The largest absolute Gasteiger partial charge is 0.409 e. The van der Waals surface area contributed by atoms with Crippen LogP contribution in [0.3, 0.4) is 0 Å². The number of imidazole rings is 1. The minimum Gasteiger partial charge on any atom is -0.409 e. The van der Waals surface area contributed by atoms with Gasteiger partial charge in [-0.05, 0) is 0 Å². The monoisotopic (exact) mass is 263 g/mol. The summed E-state index contributed by atoms with van der Waals surface area (Å²) in [5, 5.41) is 18.2. The average Bonchev–Trinajstić information content (AvgIpc) is 2.96. The number of aromatic nitrogens is 4. The van der Waals surface area contributed by atoms with Gasteiger partial charge in [-0.2, -0.15) is 5.10 Å². The molecule has 0 atom stereocenters. The number of carbonyl (C=O) groups excluding carboxylic acids is 1. The third kappa shape index (κ3) is 2.25. The number of amides is 1. The van der Waals surface area contributed by atoms with Crippen molar-refractivity contribution in [1.82, 2.24) is 19.3 Å². The van der Waals surface area contributed by atoms with Crippen LogP contribution < -0.4 is 11.1 Å². The van der Waals surface area contributed by atoms with Gasteiger partial charge in [0.1, 0.15) is 11.5 Å². The molecule has 0 aliphatic heterocycles. The van der Waals surface area contributed by atoms with Crippen LogP contribution in [-0.2, 0) is 14.1 Å². The fourth-order valence-electron chi connectivity index (χ4n) is 1.57. The standard InChI is InChI=1S/C10H13N7O2/c1-16-5-12-4-7(16)10(18)14-9-6(8(11)15-19)3-13-17(9)2/h3-5,19H,1-2H3,(H2,11,15)(H,14,18). The van der Waals surface area contributed by atoms with Crippen LogP contribution in [0.25, 0.3) is 0 Å². The summed E-state index contributed by atoms with van der Waals surface area (Å²) in [6, 6.07) is 0. The molecule has 0 saturated heterocycles. The maximum Gasteiger partial charge on any atom is 0.275 e. The molecular formula is C10H13N7O2. The molecule has 0 radical (unpaired) electrons. The minimum absolute atomic E-state index is 0.131. The van der Waals surface area contributed by atoms with Crippen molar-refractivity contribution in [2.24, 2.45) is 25.0 Å². The van der Waals surface area contributed by atoms with Crippen LogP contribution in [0.5, 0.6) is 0 Å². The summed E-state index contributed by atoms with van der Waals surface area (Å²) in [6.45, 7) is 0. The molecule has 1 amide bonds. The number of hydrogen-bond donors (Lipinski definition) is 3. The molecule has 19 heavy (non-hydrogen) atoms. The molecule has 100 valence electrons. The Morgan fingerprint density at radius 2 is 2.21 bits per heavy atom. The van der Waals surface area contributed by atoms with Crippen molar-refractivity contribution in [3.63, 3.8) is 0 Å². The number of rotatable bonds is 3. The van der Waals surface area contributed by atoms with Gasteiger partial charge in [-0.15, -0.1) is 0 Å². The third-order valence-electron chi connectivity index (χ3n) is 2.60. The molecule has 0 spiro atoms. The molecular weight excluding hydrogens is 250 g/mol. The lowest BCUT2D eigenvalue weighted by atomic mass is 10.3. The molecule has 2 aromatic heterocycles. The Hall–Kier alpha value is -2.84. The normalized spacial score (nSPS) is 11.6. The highest BCUT2D eigenvalue weighted by Crippen LogP contribution is 2.14. The summed E-state index contributed by atoms with van der Waals surface area (Å²) in [4.78, 5) is 15.9. The van der Waals surface area contributed by atoms with Gasteiger partial charge in [0.05, 0.1) is 24.3 Å². The first-order valence-electron chi connectivity index (χ1n) is 5.32. The predicted octanol–water partition coefficient (Wildman–Crippen LogP) is -0.500. The van der Waals surface area contributed by atoms with E-state index in [9.17, 15) is 4.79 Å². The van der Waals surface area contributed by atoms with Crippen LogP contribution in [-0.4, -0.2) is 36.3 Å². The second kappa shape index (κ2) is 4.80. The van der Waals surface area contributed by atoms with E-state index in [1.807, 2.05) is 0 Å². The lowest BCUT2D eigenvalue weighted by Crippen LogP contribution is -2.21. The first-order chi connectivity index (χ1) is 9.04. The van der Waals surface area contributed by atoms with E-state index < -0.39 is 0 Å². The highest BCUT2D eigenvalue weighted by molar-refractivity contribution is 6.08. The number of hydrogen-bond acceptors (Lipinski definition) is 5. The molecule has 9 heteroatoms. The molecule has 9 nitrogen and oxygen atoms in total. The predicted molar refractivity (Wildman–Crippen MR) is 66.9 cm³/mol. The second-order valence-corrected chi connectivity index (χ2v) is 3.86. The van der Waals surface area contributed by atoms with Crippen molar-refractivity contribution < 1.29 is 10.0 Å². The molecule has 0 aliphatic rings. The number of aryl methyl sites for hydroxylation is 2. The smallest absolute Gasteiger partial charge is 0.275 e. The minimum atomic E-state index is -0.365. The van der Waals surface area contributed by atoms with Gasteiger partial charge < -0.3 is 20.8 Å². The van der Waals surface area contributed by atoms with E-state index in [4.69, 9.17) is 10.9 Å². The van der Waals surface area contributed by atoms with Crippen LogP contribution in [0, 0.1) is 0 Å². The quantitative estimate of drug-likeness (QED) is 0.298. The molecule has 0 aliphatic carbocycles. The van der Waals surface area contributed by atoms with Crippen LogP contribution >= 0.6 is 0 Å². The van der Waals surface area contributed by atoms with Gasteiger partial charge in [-0.25, -0.2) is 4.98 Å². The fourth-order valence-corrected chi connectivity index (χ4v) is 1.57. The lowest BCUT2D eigenvalue weighted by molar-refractivity contribution is 0.101. The van der Waals surface area contributed by atoms with Crippen LogP contribution in [0.1, 0.15) is 16.1 Å². The van der Waals surface area contributed by atoms with E-state index >= 15 is 0 Å². The molecule has 2 rings (SSSR count). The molecule has 0 saturated carbocycles. The Kier molecular flexibility index (Phi) is 3.19. The maximum atomic E-state index is 12.1. The molecule has 0 fully saturated rings. The van der Waals surface area contributed by atoms with Crippen molar-refractivity contribution in [3.05, 3.63) is 30.0 Å². The zero-order chi connectivity index (χ0) is 14.0. The van der Waals surface area contributed by atoms with Gasteiger partial charge in [0.25, 0.3) is 5.91 Å². The molecule has 0 unspecified atom stereocenters. The van der Waals surface area contributed by atoms with Crippen molar-refractivity contribution in [2.75, 3.05) is 5.32 Å². The number of oxime groups is 1. The van der Waals surface area contributed by atoms with E-state index in [2.05, 4.69) is 20.6 Å². The van der Waals surface area contributed by atoms with Gasteiger partial charge in [-0.3, -0.25) is 9.48 Å². The SMILES string of the molecule is Cn1cncc1C(=O)Nc1c(/C(N)=N/O)cnn1C.